The van der Waals surface area contributed by atoms with Gasteiger partial charge in [0, 0.05) is 23.7 Å². The van der Waals surface area contributed by atoms with Crippen molar-refractivity contribution < 1.29 is 22.9 Å². The average molecular weight is 380 g/mol. The molecule has 5 nitrogen and oxygen atoms in total. The zero-order valence-corrected chi connectivity index (χ0v) is 14.5. The van der Waals surface area contributed by atoms with E-state index in [2.05, 4.69) is 6.58 Å². The third-order valence-corrected chi connectivity index (χ3v) is 6.45. The molecular weight excluding hydrogens is 361 g/mol. The van der Waals surface area contributed by atoms with Crippen LogP contribution in [0.3, 0.4) is 0 Å². The molecule has 5 atom stereocenters. The molecule has 1 aliphatic heterocycles. The fourth-order valence-electron chi connectivity index (χ4n) is 5.56. The molecule has 2 saturated carbocycles. The second-order valence-electron chi connectivity index (χ2n) is 7.69. The SMILES string of the molecule is C=CCC1[C@H]2[C@H]3CC[C@H](C3)[C@H]2C(=O)N1c1ccc([N+](=O)[O-])c(C(F)(F)F)c1. The number of halogens is 3. The molecule has 2 bridgehead atoms. The Morgan fingerprint density at radius 3 is 2.63 bits per heavy atom. The molecule has 0 radical (unpaired) electrons. The minimum Gasteiger partial charge on any atom is -0.308 e. The summed E-state index contributed by atoms with van der Waals surface area (Å²) in [5, 5.41) is 11.0. The van der Waals surface area contributed by atoms with Gasteiger partial charge in [-0.15, -0.1) is 6.58 Å². The van der Waals surface area contributed by atoms with Crippen LogP contribution in [-0.4, -0.2) is 16.9 Å². The number of carbonyl (C=O) groups is 1. The van der Waals surface area contributed by atoms with Crippen molar-refractivity contribution in [2.75, 3.05) is 4.90 Å². The number of nitrogens with zero attached hydrogens (tertiary/aromatic N) is 2. The number of hydrogen-bond acceptors (Lipinski definition) is 3. The predicted octanol–water partition coefficient (Wildman–Crippen LogP) is 4.57. The zero-order valence-electron chi connectivity index (χ0n) is 14.5. The summed E-state index contributed by atoms with van der Waals surface area (Å²) in [5.41, 5.74) is -2.24. The number of rotatable bonds is 4. The number of anilines is 1. The van der Waals surface area contributed by atoms with Crippen LogP contribution in [0.4, 0.5) is 24.5 Å². The largest absolute Gasteiger partial charge is 0.423 e. The van der Waals surface area contributed by atoms with Crippen molar-refractivity contribution in [1.29, 1.82) is 0 Å². The van der Waals surface area contributed by atoms with Crippen molar-refractivity contribution in [3.63, 3.8) is 0 Å². The Kier molecular flexibility index (Phi) is 4.05. The first-order chi connectivity index (χ1) is 12.7. The molecule has 3 fully saturated rings. The first-order valence-corrected chi connectivity index (χ1v) is 9.03. The fourth-order valence-corrected chi connectivity index (χ4v) is 5.56. The summed E-state index contributed by atoms with van der Waals surface area (Å²) in [5.74, 6) is 0.530. The van der Waals surface area contributed by atoms with Gasteiger partial charge in [-0.05, 0) is 55.6 Å². The Morgan fingerprint density at radius 2 is 2.00 bits per heavy atom. The summed E-state index contributed by atoms with van der Waals surface area (Å²) in [6.07, 6.45) is 0.361. The highest BCUT2D eigenvalue weighted by molar-refractivity contribution is 5.99. The van der Waals surface area contributed by atoms with Crippen molar-refractivity contribution in [1.82, 2.24) is 0 Å². The van der Waals surface area contributed by atoms with Crippen LogP contribution >= 0.6 is 0 Å². The number of carbonyl (C=O) groups excluding carboxylic acids is 1. The molecule has 1 aromatic rings. The average Bonchev–Trinajstić information content (AvgIpc) is 3.27. The summed E-state index contributed by atoms with van der Waals surface area (Å²) in [6, 6.07) is 2.61. The molecule has 2 aliphatic carbocycles. The number of fused-ring (bicyclic) bond motifs is 5. The number of amides is 1. The lowest BCUT2D eigenvalue weighted by Crippen LogP contribution is -2.37. The van der Waals surface area contributed by atoms with Crippen molar-refractivity contribution in [2.24, 2.45) is 23.7 Å². The van der Waals surface area contributed by atoms with Crippen LogP contribution < -0.4 is 4.90 Å². The number of nitro benzene ring substituents is 1. The van der Waals surface area contributed by atoms with Crippen LogP contribution in [-0.2, 0) is 11.0 Å². The molecule has 1 amide bonds. The first kappa shape index (κ1) is 18.0. The maximum absolute atomic E-state index is 13.4. The van der Waals surface area contributed by atoms with E-state index in [1.807, 2.05) is 0 Å². The molecule has 4 rings (SSSR count). The normalized spacial score (nSPS) is 32.0. The zero-order chi connectivity index (χ0) is 19.5. The van der Waals surface area contributed by atoms with Crippen molar-refractivity contribution >= 4 is 17.3 Å². The molecule has 3 aliphatic rings. The van der Waals surface area contributed by atoms with Gasteiger partial charge in [-0.3, -0.25) is 14.9 Å². The minimum absolute atomic E-state index is 0.0820. The van der Waals surface area contributed by atoms with Gasteiger partial charge in [0.1, 0.15) is 5.56 Å². The molecule has 0 N–H and O–H groups in total. The van der Waals surface area contributed by atoms with E-state index in [0.29, 0.717) is 18.3 Å². The highest BCUT2D eigenvalue weighted by atomic mass is 19.4. The van der Waals surface area contributed by atoms with E-state index in [4.69, 9.17) is 0 Å². The fraction of sp³-hybridized carbons (Fsp3) is 0.526. The Hall–Kier alpha value is -2.38. The quantitative estimate of drug-likeness (QED) is 0.437. The van der Waals surface area contributed by atoms with E-state index >= 15 is 0 Å². The second kappa shape index (κ2) is 6.07. The summed E-state index contributed by atoms with van der Waals surface area (Å²) in [7, 11) is 0. The molecule has 0 spiro atoms. The Labute approximate surface area is 154 Å². The van der Waals surface area contributed by atoms with E-state index in [1.54, 1.807) is 6.08 Å². The van der Waals surface area contributed by atoms with Gasteiger partial charge in [0.25, 0.3) is 5.69 Å². The first-order valence-electron chi connectivity index (χ1n) is 9.03. The smallest absolute Gasteiger partial charge is 0.308 e. The maximum Gasteiger partial charge on any atom is 0.423 e. The molecule has 0 aromatic heterocycles. The van der Waals surface area contributed by atoms with Crippen molar-refractivity contribution in [2.45, 2.75) is 37.9 Å². The highest BCUT2D eigenvalue weighted by Gasteiger charge is 2.60. The van der Waals surface area contributed by atoms with Crippen LogP contribution in [0.1, 0.15) is 31.2 Å². The summed E-state index contributed by atoms with van der Waals surface area (Å²) >= 11 is 0. The summed E-state index contributed by atoms with van der Waals surface area (Å²) in [4.78, 5) is 24.5. The van der Waals surface area contributed by atoms with Crippen molar-refractivity contribution in [3.05, 3.63) is 46.5 Å². The van der Waals surface area contributed by atoms with Crippen LogP contribution in [0.15, 0.2) is 30.9 Å². The Bertz CT molecular complexity index is 823. The summed E-state index contributed by atoms with van der Waals surface area (Å²) < 4.78 is 40.1. The lowest BCUT2D eigenvalue weighted by molar-refractivity contribution is -0.388. The number of benzene rings is 1. The summed E-state index contributed by atoms with van der Waals surface area (Å²) in [6.45, 7) is 3.74. The molecule has 1 saturated heterocycles. The van der Waals surface area contributed by atoms with Crippen LogP contribution in [0, 0.1) is 33.8 Å². The van der Waals surface area contributed by atoms with Gasteiger partial charge in [-0.25, -0.2) is 0 Å². The van der Waals surface area contributed by atoms with E-state index < -0.39 is 22.4 Å². The molecule has 1 aromatic carbocycles. The van der Waals surface area contributed by atoms with Gasteiger partial charge in [0.15, 0.2) is 0 Å². The predicted molar refractivity (Wildman–Crippen MR) is 92.0 cm³/mol. The maximum atomic E-state index is 13.4. The minimum atomic E-state index is -4.87. The molecule has 8 heteroatoms. The third-order valence-electron chi connectivity index (χ3n) is 6.45. The Morgan fingerprint density at radius 1 is 1.30 bits per heavy atom. The van der Waals surface area contributed by atoms with Gasteiger partial charge in [0.2, 0.25) is 5.91 Å². The topological polar surface area (TPSA) is 63.5 Å². The third kappa shape index (κ3) is 2.64. The second-order valence-corrected chi connectivity index (χ2v) is 7.69. The van der Waals surface area contributed by atoms with Gasteiger partial charge in [0.05, 0.1) is 4.92 Å². The van der Waals surface area contributed by atoms with Gasteiger partial charge in [-0.1, -0.05) is 6.08 Å². The van der Waals surface area contributed by atoms with E-state index in [0.717, 1.165) is 31.4 Å². The van der Waals surface area contributed by atoms with Crippen LogP contribution in [0.5, 0.6) is 0 Å². The molecule has 144 valence electrons. The van der Waals surface area contributed by atoms with Gasteiger partial charge in [-0.2, -0.15) is 13.2 Å². The monoisotopic (exact) mass is 380 g/mol. The lowest BCUT2D eigenvalue weighted by atomic mass is 9.77. The van der Waals surface area contributed by atoms with E-state index in [9.17, 15) is 28.1 Å². The lowest BCUT2D eigenvalue weighted by Gasteiger charge is -2.30. The number of nitro groups is 1. The molecule has 1 unspecified atom stereocenters. The van der Waals surface area contributed by atoms with Gasteiger partial charge < -0.3 is 4.90 Å². The van der Waals surface area contributed by atoms with E-state index in [1.165, 1.54) is 11.0 Å². The Balaban J connectivity index is 1.79. The van der Waals surface area contributed by atoms with Crippen LogP contribution in [0.25, 0.3) is 0 Å². The molecule has 27 heavy (non-hydrogen) atoms. The highest BCUT2D eigenvalue weighted by Crippen LogP contribution is 2.59. The van der Waals surface area contributed by atoms with Crippen LogP contribution in [0.2, 0.25) is 0 Å². The standard InChI is InChI=1S/C19H19F3N2O3/c1-2-3-15-16-10-4-5-11(8-10)17(16)18(25)23(15)12-6-7-14(24(26)27)13(9-12)19(20,21)22/h2,6-7,9-11,15-17H,1,3-5,8H2/t10-,11+,15?,16+,17+/m0/s1. The molecular formula is C19H19F3N2O3. The van der Waals surface area contributed by atoms with Gasteiger partial charge >= 0.3 is 6.18 Å². The van der Waals surface area contributed by atoms with E-state index in [-0.39, 0.29) is 29.5 Å². The molecule has 1 heterocycles. The number of alkyl halides is 3. The number of hydrogen-bond donors (Lipinski definition) is 0. The van der Waals surface area contributed by atoms with Crippen molar-refractivity contribution in [3.8, 4) is 0 Å².